The number of hydrogen-bond acceptors (Lipinski definition) is 3. The van der Waals surface area contributed by atoms with E-state index in [4.69, 9.17) is 10.00 Å². The fourth-order valence-electron chi connectivity index (χ4n) is 1.07. The molecule has 4 heteroatoms. The second-order valence-corrected chi connectivity index (χ2v) is 3.46. The second kappa shape index (κ2) is 5.76. The van der Waals surface area contributed by atoms with Crippen molar-refractivity contribution in [2.24, 2.45) is 0 Å². The quantitative estimate of drug-likeness (QED) is 0.781. The van der Waals surface area contributed by atoms with Crippen LogP contribution in [0.4, 0.5) is 4.79 Å². The van der Waals surface area contributed by atoms with Crippen LogP contribution < -0.4 is 0 Å². The van der Waals surface area contributed by atoms with Crippen molar-refractivity contribution in [1.82, 2.24) is 4.90 Å². The molecule has 0 saturated carbocycles. The number of nitriles is 1. The van der Waals surface area contributed by atoms with Crippen LogP contribution in [0.3, 0.4) is 0 Å². The zero-order valence-corrected chi connectivity index (χ0v) is 9.38. The first-order valence-corrected chi connectivity index (χ1v) is 4.98. The van der Waals surface area contributed by atoms with E-state index in [0.717, 1.165) is 5.56 Å². The molecule has 84 valence electrons. The molecule has 1 amide bonds. The average molecular weight is 218 g/mol. The largest absolute Gasteiger partial charge is 0.445 e. The van der Waals surface area contributed by atoms with Crippen molar-refractivity contribution in [1.29, 1.82) is 5.26 Å². The Kier molecular flexibility index (Phi) is 4.34. The van der Waals surface area contributed by atoms with Gasteiger partial charge in [0.25, 0.3) is 0 Å². The van der Waals surface area contributed by atoms with E-state index in [-0.39, 0.29) is 6.61 Å². The normalized spacial score (nSPS) is 11.3. The first-order chi connectivity index (χ1) is 7.65. The number of rotatable bonds is 3. The predicted octanol–water partition coefficient (Wildman–Crippen LogP) is 2.17. The number of hydrogen-bond donors (Lipinski definition) is 0. The topological polar surface area (TPSA) is 53.3 Å². The number of nitrogens with zero attached hydrogens (tertiary/aromatic N) is 2. The number of amides is 1. The molecule has 1 aromatic carbocycles. The highest BCUT2D eigenvalue weighted by Crippen LogP contribution is 2.04. The van der Waals surface area contributed by atoms with Gasteiger partial charge in [-0.1, -0.05) is 30.3 Å². The van der Waals surface area contributed by atoms with Gasteiger partial charge < -0.3 is 4.74 Å². The van der Waals surface area contributed by atoms with Crippen LogP contribution in [-0.4, -0.2) is 24.1 Å². The van der Waals surface area contributed by atoms with Crippen LogP contribution in [0.25, 0.3) is 0 Å². The van der Waals surface area contributed by atoms with E-state index in [2.05, 4.69) is 0 Å². The van der Waals surface area contributed by atoms with Crippen LogP contribution in [-0.2, 0) is 11.3 Å². The Morgan fingerprint density at radius 2 is 2.12 bits per heavy atom. The minimum atomic E-state index is -0.488. The van der Waals surface area contributed by atoms with E-state index >= 15 is 0 Å². The maximum atomic E-state index is 11.5. The molecule has 1 aromatic rings. The Hall–Kier alpha value is -2.02. The summed E-state index contributed by atoms with van der Waals surface area (Å²) >= 11 is 0. The Bertz CT molecular complexity index is 384. The fraction of sp³-hybridized carbons (Fsp3) is 0.333. The molecule has 0 saturated heterocycles. The summed E-state index contributed by atoms with van der Waals surface area (Å²) < 4.78 is 5.05. The maximum Gasteiger partial charge on any atom is 0.410 e. The standard InChI is InChI=1S/C12H14N2O2/c1-10(8-13)14(2)12(15)16-9-11-6-4-3-5-7-11/h3-7,10H,9H2,1-2H3/t10-/m0/s1. The summed E-state index contributed by atoms with van der Waals surface area (Å²) in [6, 6.07) is 10.9. The van der Waals surface area contributed by atoms with Crippen LogP contribution in [0.5, 0.6) is 0 Å². The zero-order chi connectivity index (χ0) is 12.0. The predicted molar refractivity (Wildman–Crippen MR) is 59.5 cm³/mol. The monoisotopic (exact) mass is 218 g/mol. The lowest BCUT2D eigenvalue weighted by Crippen LogP contribution is -2.34. The molecule has 0 fully saturated rings. The molecule has 1 rings (SSSR count). The van der Waals surface area contributed by atoms with Gasteiger partial charge in [-0.3, -0.25) is 4.90 Å². The highest BCUT2D eigenvalue weighted by atomic mass is 16.6. The maximum absolute atomic E-state index is 11.5. The third-order valence-electron chi connectivity index (χ3n) is 2.26. The molecule has 0 aliphatic rings. The molecule has 0 aliphatic carbocycles. The van der Waals surface area contributed by atoms with Crippen molar-refractivity contribution in [3.05, 3.63) is 35.9 Å². The number of ether oxygens (including phenoxy) is 1. The summed E-state index contributed by atoms with van der Waals surface area (Å²) in [6.07, 6.45) is -0.488. The van der Waals surface area contributed by atoms with E-state index in [1.807, 2.05) is 36.4 Å². The molecular formula is C12H14N2O2. The van der Waals surface area contributed by atoms with E-state index in [0.29, 0.717) is 0 Å². The van der Waals surface area contributed by atoms with Crippen molar-refractivity contribution in [2.45, 2.75) is 19.6 Å². The molecule has 0 aliphatic heterocycles. The Morgan fingerprint density at radius 1 is 1.50 bits per heavy atom. The molecule has 0 spiro atoms. The third-order valence-corrected chi connectivity index (χ3v) is 2.26. The summed E-state index contributed by atoms with van der Waals surface area (Å²) in [4.78, 5) is 12.7. The van der Waals surface area contributed by atoms with Crippen molar-refractivity contribution in [2.75, 3.05) is 7.05 Å². The molecule has 0 heterocycles. The Balaban J connectivity index is 2.45. The van der Waals surface area contributed by atoms with Crippen molar-refractivity contribution >= 4 is 6.09 Å². The first-order valence-electron chi connectivity index (χ1n) is 4.98. The molecule has 0 bridgehead atoms. The Labute approximate surface area is 95.0 Å². The van der Waals surface area contributed by atoms with Crippen molar-refractivity contribution < 1.29 is 9.53 Å². The molecule has 0 aromatic heterocycles. The minimum Gasteiger partial charge on any atom is -0.445 e. The number of benzene rings is 1. The van der Waals surface area contributed by atoms with E-state index < -0.39 is 12.1 Å². The molecule has 1 atom stereocenters. The zero-order valence-electron chi connectivity index (χ0n) is 9.38. The second-order valence-electron chi connectivity index (χ2n) is 3.46. The van der Waals surface area contributed by atoms with Gasteiger partial charge in [-0.25, -0.2) is 4.79 Å². The van der Waals surface area contributed by atoms with Crippen LogP contribution >= 0.6 is 0 Å². The van der Waals surface area contributed by atoms with Crippen molar-refractivity contribution in [3.8, 4) is 6.07 Å². The molecule has 0 unspecified atom stereocenters. The third kappa shape index (κ3) is 3.28. The lowest BCUT2D eigenvalue weighted by molar-refractivity contribution is 0.0999. The SMILES string of the molecule is C[C@@H](C#N)N(C)C(=O)OCc1ccccc1. The first kappa shape index (κ1) is 12.1. The summed E-state index contributed by atoms with van der Waals surface area (Å²) in [5.41, 5.74) is 0.925. The van der Waals surface area contributed by atoms with Gasteiger partial charge in [0.2, 0.25) is 0 Å². The van der Waals surface area contributed by atoms with Gasteiger partial charge in [0, 0.05) is 7.05 Å². The molecule has 0 radical (unpaired) electrons. The van der Waals surface area contributed by atoms with Gasteiger partial charge in [-0.2, -0.15) is 5.26 Å². The van der Waals surface area contributed by atoms with E-state index in [1.54, 1.807) is 14.0 Å². The van der Waals surface area contributed by atoms with E-state index in [1.165, 1.54) is 4.90 Å². The van der Waals surface area contributed by atoms with Gasteiger partial charge in [-0.05, 0) is 12.5 Å². The number of carbonyl (C=O) groups is 1. The van der Waals surface area contributed by atoms with Crippen LogP contribution in [0.2, 0.25) is 0 Å². The average Bonchev–Trinajstić information content (AvgIpc) is 2.35. The molecular weight excluding hydrogens is 204 g/mol. The summed E-state index contributed by atoms with van der Waals surface area (Å²) in [7, 11) is 1.54. The van der Waals surface area contributed by atoms with Gasteiger partial charge in [-0.15, -0.1) is 0 Å². The van der Waals surface area contributed by atoms with Gasteiger partial charge in [0.05, 0.1) is 6.07 Å². The summed E-state index contributed by atoms with van der Waals surface area (Å²) in [5.74, 6) is 0. The van der Waals surface area contributed by atoms with Crippen LogP contribution in [0.15, 0.2) is 30.3 Å². The minimum absolute atomic E-state index is 0.224. The molecule has 0 N–H and O–H groups in total. The van der Waals surface area contributed by atoms with Crippen molar-refractivity contribution in [3.63, 3.8) is 0 Å². The van der Waals surface area contributed by atoms with E-state index in [9.17, 15) is 4.79 Å². The van der Waals surface area contributed by atoms with Crippen LogP contribution in [0.1, 0.15) is 12.5 Å². The van der Waals surface area contributed by atoms with Gasteiger partial charge >= 0.3 is 6.09 Å². The van der Waals surface area contributed by atoms with Gasteiger partial charge in [0.15, 0.2) is 0 Å². The lowest BCUT2D eigenvalue weighted by atomic mass is 10.2. The molecule has 16 heavy (non-hydrogen) atoms. The summed E-state index contributed by atoms with van der Waals surface area (Å²) in [6.45, 7) is 1.87. The number of carbonyl (C=O) groups excluding carboxylic acids is 1. The highest BCUT2D eigenvalue weighted by Gasteiger charge is 2.15. The summed E-state index contributed by atoms with van der Waals surface area (Å²) in [5, 5.41) is 8.64. The lowest BCUT2D eigenvalue weighted by Gasteiger charge is -2.18. The molecule has 4 nitrogen and oxygen atoms in total. The highest BCUT2D eigenvalue weighted by molar-refractivity contribution is 5.68. The smallest absolute Gasteiger partial charge is 0.410 e. The van der Waals surface area contributed by atoms with Crippen LogP contribution in [0, 0.1) is 11.3 Å². The Morgan fingerprint density at radius 3 is 2.69 bits per heavy atom. The van der Waals surface area contributed by atoms with Gasteiger partial charge in [0.1, 0.15) is 12.6 Å². The fourth-order valence-corrected chi connectivity index (χ4v) is 1.07.